The van der Waals surface area contributed by atoms with Crippen molar-refractivity contribution in [3.8, 4) is 0 Å². The lowest BCUT2D eigenvalue weighted by atomic mass is 9.71. The van der Waals surface area contributed by atoms with E-state index in [1.54, 1.807) is 0 Å². The highest BCUT2D eigenvalue weighted by Crippen LogP contribution is 2.45. The Labute approximate surface area is 159 Å². The molecule has 1 spiro atoms. The van der Waals surface area contributed by atoms with Gasteiger partial charge in [0.2, 0.25) is 0 Å². The van der Waals surface area contributed by atoms with Crippen LogP contribution in [0.4, 0.5) is 0 Å². The minimum Gasteiger partial charge on any atom is -0.383 e. The molecular weight excluding hydrogens is 328 g/mol. The summed E-state index contributed by atoms with van der Waals surface area (Å²) in [6.07, 6.45) is 7.89. The van der Waals surface area contributed by atoms with Gasteiger partial charge in [0.25, 0.3) is 0 Å². The van der Waals surface area contributed by atoms with Gasteiger partial charge < -0.3 is 24.0 Å². The topological polar surface area (TPSA) is 34.2 Å². The molecule has 0 aromatic heterocycles. The molecule has 150 valence electrons. The van der Waals surface area contributed by atoms with Crippen LogP contribution in [-0.4, -0.2) is 88.7 Å². The number of nitrogens with zero attached hydrogens (tertiary/aromatic N) is 2. The van der Waals surface area contributed by atoms with Crippen LogP contribution in [0.5, 0.6) is 0 Å². The van der Waals surface area contributed by atoms with Crippen molar-refractivity contribution in [1.29, 1.82) is 0 Å². The lowest BCUT2D eigenvalue weighted by molar-refractivity contribution is -0.0165. The number of piperidine rings is 1. The number of ether oxygens (including phenoxy) is 3. The van der Waals surface area contributed by atoms with Gasteiger partial charge in [-0.15, -0.1) is 0 Å². The molecule has 0 N–H and O–H groups in total. The van der Waals surface area contributed by atoms with Crippen molar-refractivity contribution < 1.29 is 14.2 Å². The van der Waals surface area contributed by atoms with Crippen LogP contribution in [0.25, 0.3) is 0 Å². The molecule has 5 heteroatoms. The summed E-state index contributed by atoms with van der Waals surface area (Å²) in [6, 6.07) is 0.761. The second-order valence-corrected chi connectivity index (χ2v) is 9.15. The van der Waals surface area contributed by atoms with Crippen molar-refractivity contribution in [2.24, 2.45) is 17.3 Å². The number of methoxy groups -OCH3 is 1. The molecule has 0 aromatic carbocycles. The van der Waals surface area contributed by atoms with Crippen LogP contribution in [0, 0.1) is 17.3 Å². The smallest absolute Gasteiger partial charge is 0.0589 e. The molecule has 4 rings (SSSR count). The van der Waals surface area contributed by atoms with Crippen LogP contribution >= 0.6 is 0 Å². The predicted molar refractivity (Wildman–Crippen MR) is 102 cm³/mol. The number of likely N-dealkylation sites (tertiary alicyclic amines) is 2. The first-order chi connectivity index (χ1) is 12.8. The third kappa shape index (κ3) is 4.61. The third-order valence-electron chi connectivity index (χ3n) is 7.37. The highest BCUT2D eigenvalue weighted by Gasteiger charge is 2.48. The molecule has 3 saturated heterocycles. The number of rotatable bonds is 8. The second-order valence-electron chi connectivity index (χ2n) is 9.15. The Morgan fingerprint density at radius 1 is 1.04 bits per heavy atom. The van der Waals surface area contributed by atoms with Crippen molar-refractivity contribution in [2.45, 2.75) is 44.6 Å². The lowest BCUT2D eigenvalue weighted by Crippen LogP contribution is -2.50. The Balaban J connectivity index is 1.32. The first-order valence-electron chi connectivity index (χ1n) is 10.9. The molecule has 1 saturated carbocycles. The first-order valence-corrected chi connectivity index (χ1v) is 10.9. The monoisotopic (exact) mass is 366 g/mol. The summed E-state index contributed by atoms with van der Waals surface area (Å²) in [5, 5.41) is 0. The molecule has 0 aromatic rings. The Morgan fingerprint density at radius 2 is 1.81 bits per heavy atom. The minimum atomic E-state index is 0.471. The van der Waals surface area contributed by atoms with Gasteiger partial charge in [0.05, 0.1) is 13.2 Å². The minimum absolute atomic E-state index is 0.471. The van der Waals surface area contributed by atoms with Crippen molar-refractivity contribution in [1.82, 2.24) is 9.80 Å². The fourth-order valence-corrected chi connectivity index (χ4v) is 5.38. The highest BCUT2D eigenvalue weighted by molar-refractivity contribution is 5.00. The largest absolute Gasteiger partial charge is 0.383 e. The van der Waals surface area contributed by atoms with Gasteiger partial charge in [0, 0.05) is 58.5 Å². The van der Waals surface area contributed by atoms with Crippen molar-refractivity contribution in [2.75, 3.05) is 72.9 Å². The SMILES string of the molecule is COCCN1C[C@H](COCC2CC2)C2(CCN(C3CCOCC3)CC2)C1. The number of hydrogen-bond acceptors (Lipinski definition) is 5. The molecular formula is C21H38N2O3. The molecule has 1 atom stereocenters. The van der Waals surface area contributed by atoms with Crippen molar-refractivity contribution in [3.63, 3.8) is 0 Å². The van der Waals surface area contributed by atoms with Gasteiger partial charge in [0.15, 0.2) is 0 Å². The standard InChI is InChI=1S/C21H38N2O3/c1-24-13-10-22-14-19(16-26-15-18-2-3-18)21(17-22)6-8-23(9-7-21)20-4-11-25-12-5-20/h18-20H,2-17H2,1H3/t19-/m1/s1. The Morgan fingerprint density at radius 3 is 2.50 bits per heavy atom. The Bertz CT molecular complexity index is 429. The average molecular weight is 367 g/mol. The van der Waals surface area contributed by atoms with Gasteiger partial charge in [-0.3, -0.25) is 0 Å². The van der Waals surface area contributed by atoms with Gasteiger partial charge >= 0.3 is 0 Å². The molecule has 0 radical (unpaired) electrons. The van der Waals surface area contributed by atoms with Gasteiger partial charge in [-0.05, 0) is 62.9 Å². The van der Waals surface area contributed by atoms with E-state index in [1.165, 1.54) is 64.7 Å². The van der Waals surface area contributed by atoms with E-state index < -0.39 is 0 Å². The molecule has 5 nitrogen and oxygen atoms in total. The summed E-state index contributed by atoms with van der Waals surface area (Å²) in [5.74, 6) is 1.57. The highest BCUT2D eigenvalue weighted by atomic mass is 16.5. The first kappa shape index (κ1) is 19.1. The molecule has 3 heterocycles. The molecule has 4 aliphatic rings. The molecule has 0 unspecified atom stereocenters. The van der Waals surface area contributed by atoms with Crippen molar-refractivity contribution in [3.05, 3.63) is 0 Å². The van der Waals surface area contributed by atoms with Gasteiger partial charge in [-0.1, -0.05) is 0 Å². The lowest BCUT2D eigenvalue weighted by Gasteiger charge is -2.46. The van der Waals surface area contributed by atoms with E-state index in [0.717, 1.165) is 51.5 Å². The molecule has 1 aliphatic carbocycles. The van der Waals surface area contributed by atoms with E-state index in [2.05, 4.69) is 9.80 Å². The fraction of sp³-hybridized carbons (Fsp3) is 1.00. The maximum atomic E-state index is 6.18. The number of hydrogen-bond donors (Lipinski definition) is 0. The van der Waals surface area contributed by atoms with E-state index in [9.17, 15) is 0 Å². The summed E-state index contributed by atoms with van der Waals surface area (Å²) < 4.78 is 17.1. The predicted octanol–water partition coefficient (Wildman–Crippen LogP) is 2.25. The van der Waals surface area contributed by atoms with E-state index in [-0.39, 0.29) is 0 Å². The van der Waals surface area contributed by atoms with Gasteiger partial charge in [-0.2, -0.15) is 0 Å². The van der Waals surface area contributed by atoms with Gasteiger partial charge in [0.1, 0.15) is 0 Å². The van der Waals surface area contributed by atoms with E-state index >= 15 is 0 Å². The summed E-state index contributed by atoms with van der Waals surface area (Å²) in [7, 11) is 1.81. The maximum absolute atomic E-state index is 6.18. The quantitative estimate of drug-likeness (QED) is 0.658. The normalized spacial score (nSPS) is 31.0. The van der Waals surface area contributed by atoms with Crippen LogP contribution in [0.2, 0.25) is 0 Å². The van der Waals surface area contributed by atoms with Crippen LogP contribution in [0.1, 0.15) is 38.5 Å². The fourth-order valence-electron chi connectivity index (χ4n) is 5.38. The summed E-state index contributed by atoms with van der Waals surface area (Å²) in [5.41, 5.74) is 0.471. The van der Waals surface area contributed by atoms with Crippen LogP contribution < -0.4 is 0 Å². The van der Waals surface area contributed by atoms with E-state index in [4.69, 9.17) is 14.2 Å². The zero-order chi connectivity index (χ0) is 17.8. The Kier molecular flexibility index (Phi) is 6.53. The Hall–Kier alpha value is -0.200. The van der Waals surface area contributed by atoms with Crippen LogP contribution in [0.15, 0.2) is 0 Å². The molecule has 3 aliphatic heterocycles. The third-order valence-corrected chi connectivity index (χ3v) is 7.37. The molecule has 0 bridgehead atoms. The zero-order valence-corrected chi connectivity index (χ0v) is 16.7. The van der Waals surface area contributed by atoms with Gasteiger partial charge in [-0.25, -0.2) is 0 Å². The van der Waals surface area contributed by atoms with E-state index in [1.807, 2.05) is 7.11 Å². The second kappa shape index (κ2) is 8.87. The zero-order valence-electron chi connectivity index (χ0n) is 16.7. The van der Waals surface area contributed by atoms with Crippen molar-refractivity contribution >= 4 is 0 Å². The molecule has 0 amide bonds. The molecule has 4 fully saturated rings. The molecule has 26 heavy (non-hydrogen) atoms. The maximum Gasteiger partial charge on any atom is 0.0589 e. The van der Waals surface area contributed by atoms with E-state index in [0.29, 0.717) is 11.3 Å². The summed E-state index contributed by atoms with van der Waals surface area (Å²) in [4.78, 5) is 5.40. The average Bonchev–Trinajstić information content (AvgIpc) is 3.45. The summed E-state index contributed by atoms with van der Waals surface area (Å²) in [6.45, 7) is 10.8. The van der Waals surface area contributed by atoms with Crippen LogP contribution in [0.3, 0.4) is 0 Å². The summed E-state index contributed by atoms with van der Waals surface area (Å²) >= 11 is 0. The van der Waals surface area contributed by atoms with Crippen LogP contribution in [-0.2, 0) is 14.2 Å².